The monoisotopic (exact) mass is 473 g/mol. The second-order valence-corrected chi connectivity index (χ2v) is 16.5. The summed E-state index contributed by atoms with van der Waals surface area (Å²) in [7, 11) is -1.19. The summed E-state index contributed by atoms with van der Waals surface area (Å²) in [6, 6.07) is 7.01. The van der Waals surface area contributed by atoms with Crippen LogP contribution in [-0.4, -0.2) is 59.1 Å². The average molecular weight is 474 g/mol. The number of amides is 1. The van der Waals surface area contributed by atoms with Gasteiger partial charge in [0, 0.05) is 21.2 Å². The summed E-state index contributed by atoms with van der Waals surface area (Å²) in [4.78, 5) is 19.7. The first kappa shape index (κ1) is 25.5. The number of nitrogens with zero attached hydrogens (tertiary/aromatic N) is 3. The molecule has 1 aromatic heterocycles. The lowest BCUT2D eigenvalue weighted by molar-refractivity contribution is 0.0205. The maximum Gasteiger partial charge on any atom is 0.410 e. The van der Waals surface area contributed by atoms with Crippen molar-refractivity contribution in [3.63, 3.8) is 0 Å². The molecule has 1 saturated heterocycles. The normalized spacial score (nSPS) is 17.4. The molecular weight excluding hydrogens is 434 g/mol. The molecule has 3 rings (SSSR count). The van der Waals surface area contributed by atoms with Gasteiger partial charge in [0.2, 0.25) is 0 Å². The number of aliphatic hydroxyl groups excluding tert-OH is 1. The van der Waals surface area contributed by atoms with Crippen LogP contribution in [0, 0.1) is 0 Å². The average Bonchev–Trinajstić information content (AvgIpc) is 3.32. The van der Waals surface area contributed by atoms with Gasteiger partial charge in [-0.15, -0.1) is 0 Å². The van der Waals surface area contributed by atoms with Gasteiger partial charge in [-0.3, -0.25) is 4.90 Å². The maximum atomic E-state index is 12.9. The number of aliphatic hydroxyl groups is 1. The van der Waals surface area contributed by atoms with Crippen molar-refractivity contribution in [1.82, 2.24) is 14.5 Å². The molecule has 2 heterocycles. The zero-order chi connectivity index (χ0) is 24.2. The zero-order valence-corrected chi connectivity index (χ0v) is 21.9. The van der Waals surface area contributed by atoms with E-state index >= 15 is 0 Å². The SMILES string of the molecule is CC(C)(C)OC(=O)N1CCC[C@H]1c1nc2cc(C=CCO)ccc2n1COCC[Si](C)(C)C. The van der Waals surface area contributed by atoms with Gasteiger partial charge >= 0.3 is 6.09 Å². The molecule has 2 aromatic rings. The molecule has 0 bridgehead atoms. The van der Waals surface area contributed by atoms with Gasteiger partial charge in [0.15, 0.2) is 0 Å². The first-order valence-electron chi connectivity index (χ1n) is 11.8. The molecule has 0 spiro atoms. The summed E-state index contributed by atoms with van der Waals surface area (Å²) in [5.74, 6) is 0.838. The number of ether oxygens (including phenoxy) is 2. The van der Waals surface area contributed by atoms with E-state index in [1.165, 1.54) is 0 Å². The van der Waals surface area contributed by atoms with Crippen molar-refractivity contribution in [2.45, 2.75) is 77.7 Å². The third-order valence-electron chi connectivity index (χ3n) is 5.61. The van der Waals surface area contributed by atoms with Crippen LogP contribution in [0.5, 0.6) is 0 Å². The number of aromatic nitrogens is 2. The second-order valence-electron chi connectivity index (χ2n) is 10.9. The molecule has 1 aliphatic rings. The topological polar surface area (TPSA) is 76.8 Å². The standard InChI is InChI=1S/C25H39N3O4Si/c1-25(2,3)32-24(30)27-13-7-10-22(27)23-26-20-17-19(9-8-14-29)11-12-21(20)28(23)18-31-15-16-33(4,5)6/h8-9,11-12,17,22,29H,7,10,13-16,18H2,1-6H3/t22-/m0/s1. The minimum Gasteiger partial charge on any atom is -0.444 e. The van der Waals surface area contributed by atoms with Crippen LogP contribution in [0.4, 0.5) is 4.79 Å². The van der Waals surface area contributed by atoms with Crippen molar-refractivity contribution in [2.24, 2.45) is 0 Å². The zero-order valence-electron chi connectivity index (χ0n) is 20.9. The van der Waals surface area contributed by atoms with E-state index in [9.17, 15) is 4.79 Å². The summed E-state index contributed by atoms with van der Waals surface area (Å²) >= 11 is 0. The van der Waals surface area contributed by atoms with Gasteiger partial charge in [-0.1, -0.05) is 37.9 Å². The van der Waals surface area contributed by atoms with E-state index in [0.717, 1.165) is 41.3 Å². The van der Waals surface area contributed by atoms with Crippen LogP contribution >= 0.6 is 0 Å². The van der Waals surface area contributed by atoms with E-state index in [-0.39, 0.29) is 18.7 Å². The van der Waals surface area contributed by atoms with Gasteiger partial charge in [-0.25, -0.2) is 9.78 Å². The van der Waals surface area contributed by atoms with Crippen LogP contribution in [0.2, 0.25) is 25.7 Å². The fourth-order valence-electron chi connectivity index (χ4n) is 3.96. The number of rotatable bonds is 8. The van der Waals surface area contributed by atoms with Crippen molar-refractivity contribution in [3.8, 4) is 0 Å². The lowest BCUT2D eigenvalue weighted by Gasteiger charge is -2.28. The highest BCUT2D eigenvalue weighted by molar-refractivity contribution is 6.76. The molecule has 7 nitrogen and oxygen atoms in total. The van der Waals surface area contributed by atoms with Crippen LogP contribution < -0.4 is 0 Å². The Kier molecular flexibility index (Phi) is 8.03. The van der Waals surface area contributed by atoms with E-state index in [2.05, 4.69) is 24.2 Å². The lowest BCUT2D eigenvalue weighted by atomic mass is 10.2. The summed E-state index contributed by atoms with van der Waals surface area (Å²) in [5, 5.41) is 9.10. The molecule has 0 saturated carbocycles. The van der Waals surface area contributed by atoms with Crippen LogP contribution in [-0.2, 0) is 16.2 Å². The predicted octanol–water partition coefficient (Wildman–Crippen LogP) is 5.43. The van der Waals surface area contributed by atoms with Crippen molar-refractivity contribution >= 4 is 31.3 Å². The molecule has 33 heavy (non-hydrogen) atoms. The van der Waals surface area contributed by atoms with Crippen molar-refractivity contribution in [1.29, 1.82) is 0 Å². The van der Waals surface area contributed by atoms with Gasteiger partial charge in [-0.05, 0) is 57.4 Å². The summed E-state index contributed by atoms with van der Waals surface area (Å²) < 4.78 is 13.9. The van der Waals surface area contributed by atoms with Crippen LogP contribution in [0.25, 0.3) is 17.1 Å². The summed E-state index contributed by atoms with van der Waals surface area (Å²) in [6.45, 7) is 14.5. The molecule has 1 amide bonds. The second kappa shape index (κ2) is 10.4. The number of carbonyl (C=O) groups is 1. The number of carbonyl (C=O) groups excluding carboxylic acids is 1. The van der Waals surface area contributed by atoms with E-state index in [4.69, 9.17) is 19.6 Å². The molecule has 0 unspecified atom stereocenters. The first-order chi connectivity index (χ1) is 15.5. The molecule has 0 radical (unpaired) electrons. The third-order valence-corrected chi connectivity index (χ3v) is 7.32. The molecule has 1 aromatic carbocycles. The minimum absolute atomic E-state index is 0.00438. The van der Waals surface area contributed by atoms with Gasteiger partial charge in [-0.2, -0.15) is 0 Å². The summed E-state index contributed by atoms with van der Waals surface area (Å²) in [6.07, 6.45) is 5.04. The summed E-state index contributed by atoms with van der Waals surface area (Å²) in [5.41, 5.74) is 2.27. The Balaban J connectivity index is 1.93. The van der Waals surface area contributed by atoms with Gasteiger partial charge < -0.3 is 19.1 Å². The molecule has 0 aliphatic carbocycles. The van der Waals surface area contributed by atoms with Crippen LogP contribution in [0.1, 0.15) is 51.0 Å². The molecule has 1 N–H and O–H groups in total. The quantitative estimate of drug-likeness (QED) is 0.409. The molecule has 182 valence electrons. The van der Waals surface area contributed by atoms with Gasteiger partial charge in [0.05, 0.1) is 23.7 Å². The molecule has 1 aliphatic heterocycles. The molecular formula is C25H39N3O4Si. The lowest BCUT2D eigenvalue weighted by Crippen LogP contribution is -2.37. The van der Waals surface area contributed by atoms with E-state index < -0.39 is 13.7 Å². The Bertz CT molecular complexity index is 988. The predicted molar refractivity (Wildman–Crippen MR) is 135 cm³/mol. The van der Waals surface area contributed by atoms with Crippen molar-refractivity contribution in [2.75, 3.05) is 19.8 Å². The first-order valence-corrected chi connectivity index (χ1v) is 15.5. The van der Waals surface area contributed by atoms with E-state index in [1.54, 1.807) is 11.0 Å². The largest absolute Gasteiger partial charge is 0.444 e. The Labute approximate surface area is 198 Å². The van der Waals surface area contributed by atoms with Crippen molar-refractivity contribution < 1.29 is 19.4 Å². The maximum absolute atomic E-state index is 12.9. The van der Waals surface area contributed by atoms with Gasteiger partial charge in [0.1, 0.15) is 18.2 Å². The third kappa shape index (κ3) is 6.91. The minimum atomic E-state index is -1.19. The van der Waals surface area contributed by atoms with E-state index in [1.807, 2.05) is 45.0 Å². The Morgan fingerprint density at radius 3 is 2.73 bits per heavy atom. The number of hydrogen-bond acceptors (Lipinski definition) is 5. The molecule has 1 fully saturated rings. The number of hydrogen-bond donors (Lipinski definition) is 1. The fourth-order valence-corrected chi connectivity index (χ4v) is 4.71. The highest BCUT2D eigenvalue weighted by atomic mass is 28.3. The van der Waals surface area contributed by atoms with Gasteiger partial charge in [0.25, 0.3) is 0 Å². The Morgan fingerprint density at radius 2 is 2.06 bits per heavy atom. The number of benzene rings is 1. The number of imidazole rings is 1. The van der Waals surface area contributed by atoms with E-state index in [0.29, 0.717) is 19.9 Å². The highest BCUT2D eigenvalue weighted by Crippen LogP contribution is 2.35. The van der Waals surface area contributed by atoms with Crippen molar-refractivity contribution in [3.05, 3.63) is 35.7 Å². The van der Waals surface area contributed by atoms with Crippen LogP contribution in [0.15, 0.2) is 24.3 Å². The fraction of sp³-hybridized carbons (Fsp3) is 0.600. The molecule has 8 heteroatoms. The highest BCUT2D eigenvalue weighted by Gasteiger charge is 2.36. The number of fused-ring (bicyclic) bond motifs is 1. The Hall–Kier alpha value is -2.16. The molecule has 1 atom stereocenters. The number of likely N-dealkylation sites (tertiary alicyclic amines) is 1. The van der Waals surface area contributed by atoms with Crippen LogP contribution in [0.3, 0.4) is 0 Å². The Morgan fingerprint density at radius 1 is 1.30 bits per heavy atom. The smallest absolute Gasteiger partial charge is 0.410 e.